The number of imidazole rings is 1. The summed E-state index contributed by atoms with van der Waals surface area (Å²) in [6, 6.07) is 8.02. The summed E-state index contributed by atoms with van der Waals surface area (Å²) in [5.74, 6) is 0.301. The number of para-hydroxylation sites is 1. The lowest BCUT2D eigenvalue weighted by Crippen LogP contribution is -2.43. The first-order chi connectivity index (χ1) is 14.3. The predicted molar refractivity (Wildman–Crippen MR) is 117 cm³/mol. The number of anilines is 1. The lowest BCUT2D eigenvalue weighted by Gasteiger charge is -2.26. The molecule has 1 saturated heterocycles. The van der Waals surface area contributed by atoms with Crippen LogP contribution in [0.25, 0.3) is 16.2 Å². The van der Waals surface area contributed by atoms with Gasteiger partial charge in [0.1, 0.15) is 0 Å². The van der Waals surface area contributed by atoms with Crippen molar-refractivity contribution >= 4 is 27.9 Å². The molecule has 2 N–H and O–H groups in total. The minimum absolute atomic E-state index is 0.148. The van der Waals surface area contributed by atoms with Crippen LogP contribution < -0.4 is 10.6 Å². The van der Waals surface area contributed by atoms with E-state index in [-0.39, 0.29) is 11.8 Å². The first-order valence-electron chi connectivity index (χ1n) is 10.6. The third-order valence-corrected chi connectivity index (χ3v) is 6.95. The molecule has 0 bridgehead atoms. The summed E-state index contributed by atoms with van der Waals surface area (Å²) in [6.07, 6.45) is 6.44. The third-order valence-electron chi connectivity index (χ3n) is 6.07. The molecule has 2 aromatic heterocycles. The largest absolute Gasteiger partial charge is 0.325 e. The van der Waals surface area contributed by atoms with Crippen molar-refractivity contribution in [2.24, 2.45) is 5.92 Å². The Labute approximate surface area is 174 Å². The van der Waals surface area contributed by atoms with Crippen LogP contribution >= 0.6 is 11.3 Å². The number of rotatable bonds is 5. The minimum Gasteiger partial charge on any atom is -0.325 e. The average Bonchev–Trinajstić information content (AvgIpc) is 3.48. The molecule has 0 unspecified atom stereocenters. The van der Waals surface area contributed by atoms with Gasteiger partial charge in [-0.3, -0.25) is 14.1 Å². The van der Waals surface area contributed by atoms with Crippen molar-refractivity contribution in [2.75, 3.05) is 31.5 Å². The van der Waals surface area contributed by atoms with Gasteiger partial charge >= 0.3 is 0 Å². The zero-order chi connectivity index (χ0) is 19.6. The summed E-state index contributed by atoms with van der Waals surface area (Å²) in [6.45, 7) is 5.20. The van der Waals surface area contributed by atoms with Gasteiger partial charge in [-0.05, 0) is 18.9 Å². The molecule has 29 heavy (non-hydrogen) atoms. The van der Waals surface area contributed by atoms with Gasteiger partial charge in [0.15, 0.2) is 4.96 Å². The number of carbonyl (C=O) groups excluding carboxylic acids is 1. The molecule has 5 rings (SSSR count). The van der Waals surface area contributed by atoms with Crippen LogP contribution in [0.2, 0.25) is 0 Å². The average molecular weight is 410 g/mol. The SMILES string of the molecule is O=C(Nc1ccccc1-c1cn2c(CN3CCNCC3)csc2n1)C1CCCC1. The number of carbonyl (C=O) groups is 1. The van der Waals surface area contributed by atoms with Gasteiger partial charge in [-0.1, -0.05) is 31.0 Å². The number of hydrogen-bond donors (Lipinski definition) is 2. The van der Waals surface area contributed by atoms with E-state index in [2.05, 4.69) is 31.5 Å². The molecule has 3 heterocycles. The van der Waals surface area contributed by atoms with Crippen molar-refractivity contribution in [3.05, 3.63) is 41.5 Å². The number of thiazole rings is 1. The topological polar surface area (TPSA) is 61.7 Å². The van der Waals surface area contributed by atoms with Crippen LogP contribution in [0.5, 0.6) is 0 Å². The van der Waals surface area contributed by atoms with Gasteiger partial charge in [0.25, 0.3) is 0 Å². The zero-order valence-corrected chi connectivity index (χ0v) is 17.4. The minimum atomic E-state index is 0.148. The summed E-state index contributed by atoms with van der Waals surface area (Å²) in [4.78, 5) is 21.0. The molecular weight excluding hydrogens is 382 g/mol. The van der Waals surface area contributed by atoms with Crippen LogP contribution in [0.1, 0.15) is 31.4 Å². The van der Waals surface area contributed by atoms with Gasteiger partial charge in [0.05, 0.1) is 11.4 Å². The highest BCUT2D eigenvalue weighted by molar-refractivity contribution is 7.15. The summed E-state index contributed by atoms with van der Waals surface area (Å²) < 4.78 is 2.21. The molecule has 152 valence electrons. The summed E-state index contributed by atoms with van der Waals surface area (Å²) >= 11 is 1.68. The van der Waals surface area contributed by atoms with E-state index in [1.165, 1.54) is 5.69 Å². The fourth-order valence-corrected chi connectivity index (χ4v) is 5.27. The van der Waals surface area contributed by atoms with Crippen LogP contribution in [-0.4, -0.2) is 46.4 Å². The molecule has 0 radical (unpaired) electrons. The lowest BCUT2D eigenvalue weighted by atomic mass is 10.1. The van der Waals surface area contributed by atoms with Crippen molar-refractivity contribution in [3.8, 4) is 11.3 Å². The van der Waals surface area contributed by atoms with Gasteiger partial charge in [0.2, 0.25) is 5.91 Å². The number of nitrogens with zero attached hydrogens (tertiary/aromatic N) is 3. The number of piperazine rings is 1. The van der Waals surface area contributed by atoms with Crippen molar-refractivity contribution in [1.29, 1.82) is 0 Å². The summed E-state index contributed by atoms with van der Waals surface area (Å²) in [5, 5.41) is 8.78. The highest BCUT2D eigenvalue weighted by atomic mass is 32.1. The van der Waals surface area contributed by atoms with E-state index >= 15 is 0 Å². The second-order valence-corrected chi connectivity index (χ2v) is 8.88. The number of hydrogen-bond acceptors (Lipinski definition) is 5. The highest BCUT2D eigenvalue weighted by Gasteiger charge is 2.23. The lowest BCUT2D eigenvalue weighted by molar-refractivity contribution is -0.119. The van der Waals surface area contributed by atoms with Crippen LogP contribution in [0.4, 0.5) is 5.69 Å². The summed E-state index contributed by atoms with van der Waals surface area (Å²) in [7, 11) is 0. The van der Waals surface area contributed by atoms with E-state index < -0.39 is 0 Å². The molecule has 7 heteroatoms. The molecule has 1 saturated carbocycles. The van der Waals surface area contributed by atoms with Crippen molar-refractivity contribution in [2.45, 2.75) is 32.2 Å². The molecule has 0 atom stereocenters. The standard InChI is InChI=1S/C22H27N5OS/c28-21(16-5-1-2-6-16)24-19-8-4-3-7-18(19)20-14-27-17(15-29-22(27)25-20)13-26-11-9-23-10-12-26/h3-4,7-8,14-16,23H,1-2,5-6,9-13H2,(H,24,28). The molecule has 3 aromatic rings. The van der Waals surface area contributed by atoms with Gasteiger partial charge < -0.3 is 10.6 Å². The normalized spacial score (nSPS) is 18.5. The Morgan fingerprint density at radius 3 is 2.83 bits per heavy atom. The Kier molecular flexibility index (Phi) is 5.35. The van der Waals surface area contributed by atoms with Crippen LogP contribution in [0.15, 0.2) is 35.8 Å². The number of amides is 1. The fraction of sp³-hybridized carbons (Fsp3) is 0.455. The maximum Gasteiger partial charge on any atom is 0.227 e. The van der Waals surface area contributed by atoms with Crippen LogP contribution in [0, 0.1) is 5.92 Å². The number of benzene rings is 1. The van der Waals surface area contributed by atoms with Gasteiger partial charge in [-0.25, -0.2) is 4.98 Å². The number of nitrogens with one attached hydrogen (secondary N) is 2. The van der Waals surface area contributed by atoms with E-state index in [0.717, 1.165) is 80.3 Å². The predicted octanol–water partition coefficient (Wildman–Crippen LogP) is 3.60. The van der Waals surface area contributed by atoms with Crippen LogP contribution in [0.3, 0.4) is 0 Å². The molecular formula is C22H27N5OS. The Morgan fingerprint density at radius 1 is 1.21 bits per heavy atom. The Hall–Kier alpha value is -2.22. The Bertz CT molecular complexity index is 998. The van der Waals surface area contributed by atoms with Gasteiger partial charge in [0, 0.05) is 61.5 Å². The maximum atomic E-state index is 12.7. The zero-order valence-electron chi connectivity index (χ0n) is 16.6. The number of fused-ring (bicyclic) bond motifs is 1. The van der Waals surface area contributed by atoms with Crippen LogP contribution in [-0.2, 0) is 11.3 Å². The summed E-state index contributed by atoms with van der Waals surface area (Å²) in [5.41, 5.74) is 4.04. The second kappa shape index (κ2) is 8.26. The van der Waals surface area contributed by atoms with Crippen molar-refractivity contribution in [1.82, 2.24) is 19.6 Å². The quantitative estimate of drug-likeness (QED) is 0.676. The third kappa shape index (κ3) is 3.95. The molecule has 1 aliphatic carbocycles. The van der Waals surface area contributed by atoms with E-state index in [0.29, 0.717) is 0 Å². The highest BCUT2D eigenvalue weighted by Crippen LogP contribution is 2.32. The monoisotopic (exact) mass is 409 g/mol. The first-order valence-corrected chi connectivity index (χ1v) is 11.4. The number of aromatic nitrogens is 2. The van der Waals surface area contributed by atoms with Crippen molar-refractivity contribution < 1.29 is 4.79 Å². The molecule has 1 aliphatic heterocycles. The fourth-order valence-electron chi connectivity index (χ4n) is 4.41. The molecule has 6 nitrogen and oxygen atoms in total. The van der Waals surface area contributed by atoms with E-state index in [9.17, 15) is 4.79 Å². The Balaban J connectivity index is 1.40. The smallest absolute Gasteiger partial charge is 0.227 e. The van der Waals surface area contributed by atoms with E-state index in [4.69, 9.17) is 4.98 Å². The molecule has 2 fully saturated rings. The van der Waals surface area contributed by atoms with E-state index in [1.54, 1.807) is 11.3 Å². The maximum absolute atomic E-state index is 12.7. The second-order valence-electron chi connectivity index (χ2n) is 8.05. The van der Waals surface area contributed by atoms with Gasteiger partial charge in [-0.2, -0.15) is 0 Å². The van der Waals surface area contributed by atoms with E-state index in [1.807, 2.05) is 24.3 Å². The first kappa shape index (κ1) is 18.8. The van der Waals surface area contributed by atoms with Crippen molar-refractivity contribution in [3.63, 3.8) is 0 Å². The Morgan fingerprint density at radius 2 is 2.00 bits per heavy atom. The molecule has 0 spiro atoms. The molecule has 2 aliphatic rings. The van der Waals surface area contributed by atoms with Gasteiger partial charge in [-0.15, -0.1) is 11.3 Å². The molecule has 1 aromatic carbocycles. The molecule has 1 amide bonds.